The molecule has 0 aromatic heterocycles. The smallest absolute Gasteiger partial charge is 0.225 e. The van der Waals surface area contributed by atoms with E-state index in [1.807, 2.05) is 0 Å². The number of hydrogen-bond donors (Lipinski definition) is 1. The Morgan fingerprint density at radius 1 is 0.900 bits per heavy atom. The van der Waals surface area contributed by atoms with Crippen molar-refractivity contribution in [3.05, 3.63) is 0 Å². The number of carbonyl (C=O) groups is 1. The van der Waals surface area contributed by atoms with Crippen molar-refractivity contribution in [3.63, 3.8) is 0 Å². The van der Waals surface area contributed by atoms with E-state index in [9.17, 15) is 4.79 Å². The first-order valence-electron chi connectivity index (χ1n) is 8.52. The molecule has 20 heavy (non-hydrogen) atoms. The Hall–Kier alpha value is -0.610. The molecule has 0 radical (unpaired) electrons. The summed E-state index contributed by atoms with van der Waals surface area (Å²) in [5.74, 6) is 0.599. The highest BCUT2D eigenvalue weighted by molar-refractivity contribution is 5.79. The molecule has 2 heterocycles. The fourth-order valence-electron chi connectivity index (χ4n) is 4.27. The minimum absolute atomic E-state index is 0.210. The molecule has 0 spiro atoms. The van der Waals surface area contributed by atoms with Gasteiger partial charge in [0.15, 0.2) is 0 Å². The van der Waals surface area contributed by atoms with Gasteiger partial charge in [0.2, 0.25) is 5.91 Å². The van der Waals surface area contributed by atoms with Crippen molar-refractivity contribution in [1.29, 1.82) is 0 Å². The van der Waals surface area contributed by atoms with Gasteiger partial charge in [-0.3, -0.25) is 4.79 Å². The zero-order valence-corrected chi connectivity index (χ0v) is 12.6. The summed E-state index contributed by atoms with van der Waals surface area (Å²) in [6, 6.07) is 0.981. The number of carbonyl (C=O) groups excluding carboxylic acids is 1. The van der Waals surface area contributed by atoms with Gasteiger partial charge in [0.1, 0.15) is 0 Å². The van der Waals surface area contributed by atoms with Crippen molar-refractivity contribution >= 4 is 5.91 Å². The molecule has 3 fully saturated rings. The maximum Gasteiger partial charge on any atom is 0.225 e. The number of nitrogens with zero attached hydrogens (tertiary/aromatic N) is 2. The van der Waals surface area contributed by atoms with Crippen LogP contribution in [0.4, 0.5) is 0 Å². The monoisotopic (exact) mass is 279 g/mol. The Bertz CT molecular complexity index is 333. The van der Waals surface area contributed by atoms with E-state index in [-0.39, 0.29) is 12.0 Å². The van der Waals surface area contributed by atoms with E-state index >= 15 is 0 Å². The Balaban J connectivity index is 1.48. The third-order valence-electron chi connectivity index (χ3n) is 5.50. The number of likely N-dealkylation sites (tertiary alicyclic amines) is 2. The van der Waals surface area contributed by atoms with Crippen molar-refractivity contribution in [2.75, 3.05) is 26.2 Å². The fraction of sp³-hybridized carbons (Fsp3) is 0.938. The van der Waals surface area contributed by atoms with Gasteiger partial charge in [-0.15, -0.1) is 0 Å². The normalized spacial score (nSPS) is 33.5. The Morgan fingerprint density at radius 3 is 2.25 bits per heavy atom. The van der Waals surface area contributed by atoms with Crippen molar-refractivity contribution in [1.82, 2.24) is 9.80 Å². The summed E-state index contributed by atoms with van der Waals surface area (Å²) in [6.45, 7) is 4.48. The molecule has 0 aromatic carbocycles. The molecule has 3 rings (SSSR count). The van der Waals surface area contributed by atoms with Crippen LogP contribution in [0.1, 0.15) is 51.4 Å². The number of rotatable bonds is 2. The van der Waals surface area contributed by atoms with Crippen molar-refractivity contribution in [2.45, 2.75) is 63.5 Å². The van der Waals surface area contributed by atoms with Gasteiger partial charge in [0.05, 0.1) is 0 Å². The molecule has 0 aromatic rings. The molecule has 0 bridgehead atoms. The van der Waals surface area contributed by atoms with E-state index in [1.54, 1.807) is 0 Å². The predicted octanol–water partition coefficient (Wildman–Crippen LogP) is 1.59. The molecule has 114 valence electrons. The largest absolute Gasteiger partial charge is 0.342 e. The molecule has 1 aliphatic carbocycles. The SMILES string of the molecule is NC1CCCC(C(=O)N2CCC(N3CCCC3)CC2)C1. The molecular weight excluding hydrogens is 250 g/mol. The fourth-order valence-corrected chi connectivity index (χ4v) is 4.27. The van der Waals surface area contributed by atoms with Gasteiger partial charge in [-0.2, -0.15) is 0 Å². The lowest BCUT2D eigenvalue weighted by atomic mass is 9.85. The third kappa shape index (κ3) is 3.17. The lowest BCUT2D eigenvalue weighted by Crippen LogP contribution is -2.48. The maximum absolute atomic E-state index is 12.6. The number of piperidine rings is 1. The van der Waals surface area contributed by atoms with Crippen LogP contribution in [0.5, 0.6) is 0 Å². The summed E-state index contributed by atoms with van der Waals surface area (Å²) < 4.78 is 0. The molecule has 1 saturated carbocycles. The zero-order valence-electron chi connectivity index (χ0n) is 12.6. The molecule has 3 aliphatic rings. The minimum Gasteiger partial charge on any atom is -0.342 e. The van der Waals surface area contributed by atoms with E-state index in [0.717, 1.165) is 44.8 Å². The van der Waals surface area contributed by atoms with E-state index < -0.39 is 0 Å². The molecule has 2 N–H and O–H groups in total. The van der Waals surface area contributed by atoms with Crippen LogP contribution in [0.3, 0.4) is 0 Å². The van der Waals surface area contributed by atoms with E-state index in [1.165, 1.54) is 38.8 Å². The Kier molecular flexibility index (Phi) is 4.61. The number of nitrogens with two attached hydrogens (primary N) is 1. The molecule has 2 saturated heterocycles. The zero-order chi connectivity index (χ0) is 13.9. The number of amides is 1. The molecule has 1 amide bonds. The molecule has 4 nitrogen and oxygen atoms in total. The van der Waals surface area contributed by atoms with Gasteiger partial charge in [0.25, 0.3) is 0 Å². The van der Waals surface area contributed by atoms with Gasteiger partial charge in [-0.25, -0.2) is 0 Å². The summed E-state index contributed by atoms with van der Waals surface area (Å²) in [6.07, 6.45) is 9.25. The maximum atomic E-state index is 12.6. The Morgan fingerprint density at radius 2 is 1.60 bits per heavy atom. The molecule has 2 unspecified atom stereocenters. The van der Waals surface area contributed by atoms with Crippen molar-refractivity contribution in [2.24, 2.45) is 11.7 Å². The van der Waals surface area contributed by atoms with Crippen LogP contribution in [-0.2, 0) is 4.79 Å². The van der Waals surface area contributed by atoms with Crippen molar-refractivity contribution < 1.29 is 4.79 Å². The van der Waals surface area contributed by atoms with Crippen LogP contribution in [0.2, 0.25) is 0 Å². The summed E-state index contributed by atoms with van der Waals surface area (Å²) >= 11 is 0. The van der Waals surface area contributed by atoms with Gasteiger partial charge in [-0.1, -0.05) is 6.42 Å². The highest BCUT2D eigenvalue weighted by atomic mass is 16.2. The first-order valence-corrected chi connectivity index (χ1v) is 8.52. The predicted molar refractivity (Wildman–Crippen MR) is 80.3 cm³/mol. The topological polar surface area (TPSA) is 49.6 Å². The second kappa shape index (κ2) is 6.44. The molecule has 4 heteroatoms. The van der Waals surface area contributed by atoms with Crippen LogP contribution in [0, 0.1) is 5.92 Å². The third-order valence-corrected chi connectivity index (χ3v) is 5.50. The van der Waals surface area contributed by atoms with Gasteiger partial charge in [0, 0.05) is 31.1 Å². The summed E-state index contributed by atoms with van der Waals surface area (Å²) in [5, 5.41) is 0. The standard InChI is InChI=1S/C16H29N3O/c17-14-5-3-4-13(12-14)16(20)19-10-6-15(7-11-19)18-8-1-2-9-18/h13-15H,1-12,17H2. The summed E-state index contributed by atoms with van der Waals surface area (Å²) in [7, 11) is 0. The van der Waals surface area contributed by atoms with Gasteiger partial charge in [-0.05, 0) is 58.0 Å². The molecular formula is C16H29N3O. The molecule has 2 atom stereocenters. The van der Waals surface area contributed by atoms with Crippen LogP contribution < -0.4 is 5.73 Å². The van der Waals surface area contributed by atoms with Crippen LogP contribution in [0.15, 0.2) is 0 Å². The number of hydrogen-bond acceptors (Lipinski definition) is 3. The average Bonchev–Trinajstić information content (AvgIpc) is 3.01. The lowest BCUT2D eigenvalue weighted by molar-refractivity contribution is -0.138. The van der Waals surface area contributed by atoms with Crippen molar-refractivity contribution in [3.8, 4) is 0 Å². The van der Waals surface area contributed by atoms with Crippen LogP contribution in [-0.4, -0.2) is 54.0 Å². The van der Waals surface area contributed by atoms with E-state index in [4.69, 9.17) is 5.73 Å². The summed E-state index contributed by atoms with van der Waals surface area (Å²) in [4.78, 5) is 17.3. The second-order valence-electron chi connectivity index (χ2n) is 6.92. The minimum atomic E-state index is 0.210. The van der Waals surface area contributed by atoms with Gasteiger partial charge < -0.3 is 15.5 Å². The molecule has 2 aliphatic heterocycles. The quantitative estimate of drug-likeness (QED) is 0.835. The van der Waals surface area contributed by atoms with Crippen LogP contribution >= 0.6 is 0 Å². The van der Waals surface area contributed by atoms with E-state index in [2.05, 4.69) is 9.80 Å². The second-order valence-corrected chi connectivity index (χ2v) is 6.92. The lowest BCUT2D eigenvalue weighted by Gasteiger charge is -2.39. The van der Waals surface area contributed by atoms with E-state index in [0.29, 0.717) is 5.91 Å². The average molecular weight is 279 g/mol. The van der Waals surface area contributed by atoms with Crippen LogP contribution in [0.25, 0.3) is 0 Å². The Labute approximate surface area is 122 Å². The summed E-state index contributed by atoms with van der Waals surface area (Å²) in [5.41, 5.74) is 6.02. The highest BCUT2D eigenvalue weighted by Gasteiger charge is 2.32. The highest BCUT2D eigenvalue weighted by Crippen LogP contribution is 2.27. The first-order chi connectivity index (χ1) is 9.74. The van der Waals surface area contributed by atoms with Gasteiger partial charge >= 0.3 is 0 Å². The first kappa shape index (κ1) is 14.3.